The topological polar surface area (TPSA) is 113 Å². The van der Waals surface area contributed by atoms with Crippen LogP contribution < -0.4 is 9.62 Å². The second-order valence-electron chi connectivity index (χ2n) is 8.08. The number of aromatic nitrogens is 2. The molecule has 11 heteroatoms. The monoisotopic (exact) mass is 499 g/mol. The lowest BCUT2D eigenvalue weighted by atomic mass is 10.2. The van der Waals surface area contributed by atoms with E-state index in [1.165, 1.54) is 37.4 Å². The van der Waals surface area contributed by atoms with Crippen LogP contribution in [0.25, 0.3) is 10.9 Å². The van der Waals surface area contributed by atoms with Crippen molar-refractivity contribution in [3.05, 3.63) is 54.4 Å². The first-order valence-electron chi connectivity index (χ1n) is 10.7. The lowest BCUT2D eigenvalue weighted by molar-refractivity contribution is -0.109. The molecule has 0 radical (unpaired) electrons. The van der Waals surface area contributed by atoms with E-state index in [0.717, 1.165) is 49.0 Å². The number of sulfonamides is 1. The molecule has 0 amide bonds. The molecule has 1 aliphatic heterocycles. The van der Waals surface area contributed by atoms with E-state index < -0.39 is 10.0 Å². The number of nitrogens with zero attached hydrogens (tertiary/aromatic N) is 4. The molecule has 0 bridgehead atoms. The van der Waals surface area contributed by atoms with Crippen molar-refractivity contribution in [1.82, 2.24) is 14.9 Å². The molecular formula is C23H25N5O4S2. The molecule has 1 aromatic carbocycles. The van der Waals surface area contributed by atoms with Gasteiger partial charge in [0.05, 0.1) is 28.0 Å². The normalized spacial score (nSPS) is 14.8. The van der Waals surface area contributed by atoms with E-state index in [1.54, 1.807) is 12.3 Å². The lowest BCUT2D eigenvalue weighted by Gasteiger charge is -2.33. The number of carbonyl (C=O) groups excluding carboxylic acids is 2. The van der Waals surface area contributed by atoms with Crippen LogP contribution in [0.2, 0.25) is 0 Å². The van der Waals surface area contributed by atoms with Crippen molar-refractivity contribution >= 4 is 55.1 Å². The zero-order valence-corrected chi connectivity index (χ0v) is 20.5. The SMILES string of the molecule is CC(=O)SCC(=O)c1ccc(NS(=O)(=O)c2ccc3cc(N4CCN(C)CC4)cnc3c2)nc1. The van der Waals surface area contributed by atoms with E-state index in [0.29, 0.717) is 11.1 Å². The predicted molar refractivity (Wildman–Crippen MR) is 134 cm³/mol. The molecule has 9 nitrogen and oxygen atoms in total. The van der Waals surface area contributed by atoms with Crippen LogP contribution in [-0.4, -0.2) is 73.2 Å². The highest BCUT2D eigenvalue weighted by Crippen LogP contribution is 2.24. The van der Waals surface area contributed by atoms with Crippen molar-refractivity contribution in [3.63, 3.8) is 0 Å². The lowest BCUT2D eigenvalue weighted by Crippen LogP contribution is -2.44. The molecule has 0 aliphatic carbocycles. The molecule has 178 valence electrons. The molecule has 3 heterocycles. The van der Waals surface area contributed by atoms with Crippen molar-refractivity contribution in [2.45, 2.75) is 11.8 Å². The van der Waals surface area contributed by atoms with Crippen LogP contribution >= 0.6 is 11.8 Å². The molecule has 1 aliphatic rings. The fourth-order valence-electron chi connectivity index (χ4n) is 3.56. The smallest absolute Gasteiger partial charge is 0.263 e. The second-order valence-corrected chi connectivity index (χ2v) is 10.9. The van der Waals surface area contributed by atoms with Crippen molar-refractivity contribution in [2.24, 2.45) is 0 Å². The summed E-state index contributed by atoms with van der Waals surface area (Å²) in [6.45, 7) is 5.21. The summed E-state index contributed by atoms with van der Waals surface area (Å²) in [7, 11) is -1.80. The summed E-state index contributed by atoms with van der Waals surface area (Å²) < 4.78 is 28.2. The van der Waals surface area contributed by atoms with E-state index in [4.69, 9.17) is 0 Å². The summed E-state index contributed by atoms with van der Waals surface area (Å²) in [6.07, 6.45) is 3.07. The summed E-state index contributed by atoms with van der Waals surface area (Å²) in [5, 5.41) is 0.714. The van der Waals surface area contributed by atoms with Crippen LogP contribution in [0.1, 0.15) is 17.3 Å². The van der Waals surface area contributed by atoms with Crippen LogP contribution in [0.5, 0.6) is 0 Å². The number of carbonyl (C=O) groups is 2. The van der Waals surface area contributed by atoms with Gasteiger partial charge < -0.3 is 9.80 Å². The maximum atomic E-state index is 12.9. The number of hydrogen-bond acceptors (Lipinski definition) is 9. The highest BCUT2D eigenvalue weighted by Gasteiger charge is 2.18. The Morgan fingerprint density at radius 2 is 1.79 bits per heavy atom. The Morgan fingerprint density at radius 3 is 2.47 bits per heavy atom. The Labute approximate surface area is 202 Å². The molecule has 1 saturated heterocycles. The number of benzene rings is 1. The van der Waals surface area contributed by atoms with E-state index in [-0.39, 0.29) is 27.4 Å². The third-order valence-corrected chi connectivity index (χ3v) is 7.72. The first kappa shape index (κ1) is 24.1. The molecule has 0 atom stereocenters. The van der Waals surface area contributed by atoms with Gasteiger partial charge >= 0.3 is 0 Å². The fourth-order valence-corrected chi connectivity index (χ4v) is 5.09. The van der Waals surface area contributed by atoms with Gasteiger partial charge in [-0.2, -0.15) is 0 Å². The highest BCUT2D eigenvalue weighted by atomic mass is 32.2. The number of thioether (sulfide) groups is 1. The minimum Gasteiger partial charge on any atom is -0.368 e. The Balaban J connectivity index is 1.47. The molecule has 1 fully saturated rings. The number of anilines is 2. The van der Waals surface area contributed by atoms with Gasteiger partial charge in [0.25, 0.3) is 10.0 Å². The first-order valence-corrected chi connectivity index (χ1v) is 13.2. The average Bonchev–Trinajstić information content (AvgIpc) is 2.82. The summed E-state index contributed by atoms with van der Waals surface area (Å²) >= 11 is 0.917. The minimum atomic E-state index is -3.90. The Bertz CT molecular complexity index is 1320. The average molecular weight is 500 g/mol. The first-order chi connectivity index (χ1) is 16.2. The zero-order valence-electron chi connectivity index (χ0n) is 18.9. The van der Waals surface area contributed by atoms with Gasteiger partial charge in [-0.1, -0.05) is 17.8 Å². The third kappa shape index (κ3) is 5.72. The number of rotatable bonds is 7. The van der Waals surface area contributed by atoms with E-state index in [9.17, 15) is 18.0 Å². The fraction of sp³-hybridized carbons (Fsp3) is 0.304. The van der Waals surface area contributed by atoms with Crippen LogP contribution in [0, 0.1) is 0 Å². The van der Waals surface area contributed by atoms with Gasteiger partial charge in [0.2, 0.25) is 0 Å². The number of Topliss-reactive ketones (excluding diaryl/α,β-unsaturated/α-hetero) is 1. The molecule has 4 rings (SSSR count). The number of nitrogens with one attached hydrogen (secondary N) is 1. The standard InChI is InChI=1S/C23H25N5O4S2/c1-16(29)33-15-22(30)18-4-6-23(25-13-18)26-34(31,32)20-5-3-17-11-19(14-24-21(17)12-20)28-9-7-27(2)8-10-28/h3-6,11-14H,7-10,15H2,1-2H3,(H,25,26). The molecular weight excluding hydrogens is 474 g/mol. The van der Waals surface area contributed by atoms with Gasteiger partial charge in [0.1, 0.15) is 5.82 Å². The van der Waals surface area contributed by atoms with Crippen molar-refractivity contribution in [2.75, 3.05) is 48.6 Å². The van der Waals surface area contributed by atoms with Crippen molar-refractivity contribution in [3.8, 4) is 0 Å². The van der Waals surface area contributed by atoms with Crippen LogP contribution in [0.3, 0.4) is 0 Å². The van der Waals surface area contributed by atoms with Crippen LogP contribution in [0.15, 0.2) is 53.7 Å². The van der Waals surface area contributed by atoms with Gasteiger partial charge in [-0.05, 0) is 37.4 Å². The molecule has 0 unspecified atom stereocenters. The maximum Gasteiger partial charge on any atom is 0.263 e. The molecule has 0 spiro atoms. The summed E-state index contributed by atoms with van der Waals surface area (Å²) in [6, 6.07) is 9.75. The summed E-state index contributed by atoms with van der Waals surface area (Å²) in [4.78, 5) is 36.2. The predicted octanol–water partition coefficient (Wildman–Crippen LogP) is 2.64. The quantitative estimate of drug-likeness (QED) is 0.490. The second kappa shape index (κ2) is 10.1. The van der Waals surface area contributed by atoms with E-state index >= 15 is 0 Å². The van der Waals surface area contributed by atoms with E-state index in [1.807, 2.05) is 6.07 Å². The molecule has 1 N–H and O–H groups in total. The van der Waals surface area contributed by atoms with Crippen molar-refractivity contribution in [1.29, 1.82) is 0 Å². The molecule has 0 saturated carbocycles. The number of likely N-dealkylation sites (N-methyl/N-ethyl adjacent to an activating group) is 1. The van der Waals surface area contributed by atoms with Crippen molar-refractivity contribution < 1.29 is 18.0 Å². The zero-order chi connectivity index (χ0) is 24.3. The van der Waals surface area contributed by atoms with Gasteiger partial charge in [-0.25, -0.2) is 13.4 Å². The Morgan fingerprint density at radius 1 is 1.03 bits per heavy atom. The number of ketones is 1. The number of piperazine rings is 1. The molecule has 2 aromatic heterocycles. The highest BCUT2D eigenvalue weighted by molar-refractivity contribution is 8.14. The van der Waals surface area contributed by atoms with E-state index in [2.05, 4.69) is 31.5 Å². The summed E-state index contributed by atoms with van der Waals surface area (Å²) in [5.41, 5.74) is 1.91. The maximum absolute atomic E-state index is 12.9. The van der Waals surface area contributed by atoms with Gasteiger partial charge in [0, 0.05) is 50.2 Å². The molecule has 34 heavy (non-hydrogen) atoms. The largest absolute Gasteiger partial charge is 0.368 e. The van der Waals surface area contributed by atoms with Crippen LogP contribution in [-0.2, 0) is 14.8 Å². The van der Waals surface area contributed by atoms with Gasteiger partial charge in [-0.3, -0.25) is 19.3 Å². The third-order valence-electron chi connectivity index (χ3n) is 5.55. The number of fused-ring (bicyclic) bond motifs is 1. The number of pyridine rings is 2. The summed E-state index contributed by atoms with van der Waals surface area (Å²) in [5.74, 6) is -0.143. The Hall–Kier alpha value is -3.02. The number of hydrogen-bond donors (Lipinski definition) is 1. The molecule has 3 aromatic rings. The Kier molecular flexibility index (Phi) is 7.15. The van der Waals surface area contributed by atoms with Crippen LogP contribution in [0.4, 0.5) is 11.5 Å². The van der Waals surface area contributed by atoms with Gasteiger partial charge in [-0.15, -0.1) is 0 Å². The van der Waals surface area contributed by atoms with Gasteiger partial charge in [0.15, 0.2) is 10.9 Å². The minimum absolute atomic E-state index is 0.0166.